The van der Waals surface area contributed by atoms with Crippen molar-refractivity contribution in [3.63, 3.8) is 0 Å². The van der Waals surface area contributed by atoms with Crippen LogP contribution in [-0.2, 0) is 25.8 Å². The highest BCUT2D eigenvalue weighted by molar-refractivity contribution is 7.96. The number of carbonyl (C=O) groups excluding carboxylic acids is 1. The molecule has 4 nitrogen and oxygen atoms in total. The normalized spacial score (nSPS) is 15.7. The smallest absolute Gasteiger partial charge is 0.460 e. The van der Waals surface area contributed by atoms with Crippen molar-refractivity contribution in [2.75, 3.05) is 18.3 Å². The average Bonchev–Trinajstić information content (AvgIpc) is 2.64. The fraction of sp³-hybridized carbons (Fsp3) is 0.938. The molecule has 0 spiro atoms. The van der Waals surface area contributed by atoms with Crippen molar-refractivity contribution in [2.45, 2.75) is 67.7 Å². The molecule has 0 saturated heterocycles. The van der Waals surface area contributed by atoms with E-state index in [1.54, 1.807) is 0 Å². The molecule has 0 rings (SSSR count). The number of ketones is 1. The molecule has 0 bridgehead atoms. The third-order valence-corrected chi connectivity index (χ3v) is 5.99. The summed E-state index contributed by atoms with van der Waals surface area (Å²) in [4.78, 5) is 11.3. The first-order chi connectivity index (χ1) is 16.3. The van der Waals surface area contributed by atoms with Gasteiger partial charge in [0.2, 0.25) is 0 Å². The van der Waals surface area contributed by atoms with Crippen LogP contribution in [0.4, 0.5) is 74.6 Å². The summed E-state index contributed by atoms with van der Waals surface area (Å²) >= 11 is 0. The van der Waals surface area contributed by atoms with Gasteiger partial charge in [-0.3, -0.25) is 4.79 Å². The first kappa shape index (κ1) is 39.9. The number of halogens is 17. The van der Waals surface area contributed by atoms with E-state index in [9.17, 15) is 92.4 Å². The van der Waals surface area contributed by atoms with Crippen LogP contribution in [0.15, 0.2) is 0 Å². The fourth-order valence-electron chi connectivity index (χ4n) is 1.79. The lowest BCUT2D eigenvalue weighted by atomic mass is 9.91. The molecule has 0 amide bonds. The van der Waals surface area contributed by atoms with E-state index in [-0.39, 0.29) is 16.3 Å². The van der Waals surface area contributed by atoms with E-state index in [4.69, 9.17) is 0 Å². The standard InChI is InChI=1S/C8HF17O3S.C8H17OS/c9-1(10,3(13,14)5(17,18)7(21,22)23)2(11,12)4(15,16)6(19,20)8(24,25)29(26,27)28;1-8(2,3)7(9)6-10(4)5/h(H,26,27,28);6H2,1-5H3/q;+1/p-1. The Morgan fingerprint density at radius 1 is 0.590 bits per heavy atom. The van der Waals surface area contributed by atoms with Crippen molar-refractivity contribution in [1.29, 1.82) is 0 Å². The third-order valence-electron chi connectivity index (χ3n) is 4.26. The molecular weight excluding hydrogens is 643 g/mol. The van der Waals surface area contributed by atoms with Gasteiger partial charge in [-0.2, -0.15) is 74.6 Å². The topological polar surface area (TPSA) is 74.3 Å². The Bertz CT molecular complexity index is 980. The zero-order chi connectivity index (χ0) is 32.9. The third kappa shape index (κ3) is 6.80. The number of alkyl halides is 17. The van der Waals surface area contributed by atoms with E-state index >= 15 is 0 Å². The highest BCUT2D eigenvalue weighted by Gasteiger charge is 2.95. The van der Waals surface area contributed by atoms with Crippen LogP contribution in [0.1, 0.15) is 20.8 Å². The second kappa shape index (κ2) is 10.9. The molecule has 0 aromatic carbocycles. The van der Waals surface area contributed by atoms with Crippen LogP contribution in [-0.4, -0.2) is 84.0 Å². The van der Waals surface area contributed by atoms with Crippen molar-refractivity contribution in [3.05, 3.63) is 0 Å². The van der Waals surface area contributed by atoms with Crippen LogP contribution >= 0.6 is 0 Å². The van der Waals surface area contributed by atoms with E-state index in [1.807, 2.05) is 20.8 Å². The molecule has 0 aromatic heterocycles. The second-order valence-corrected chi connectivity index (χ2v) is 12.4. The maximum absolute atomic E-state index is 13.0. The maximum Gasteiger partial charge on any atom is 0.460 e. The SMILES string of the molecule is C[S+](C)CC(=O)C(C)(C)C.O=S(=O)([O-])C(F)(F)C(F)(F)C(F)(F)C(F)(F)C(F)(F)C(F)(F)C(F)(F)C(F)(F)F. The van der Waals surface area contributed by atoms with Gasteiger partial charge in [-0.25, -0.2) is 8.42 Å². The predicted molar refractivity (Wildman–Crippen MR) is 98.9 cm³/mol. The monoisotopic (exact) mass is 660 g/mol. The molecule has 0 aliphatic heterocycles. The highest BCUT2D eigenvalue weighted by atomic mass is 32.2. The summed E-state index contributed by atoms with van der Waals surface area (Å²) in [6.07, 6.45) is -3.69. The van der Waals surface area contributed by atoms with Gasteiger partial charge in [0, 0.05) is 5.41 Å². The Kier molecular flexibility index (Phi) is 11.1. The van der Waals surface area contributed by atoms with Crippen LogP contribution in [0.3, 0.4) is 0 Å². The summed E-state index contributed by atoms with van der Waals surface area (Å²) < 4.78 is 244. The molecule has 0 N–H and O–H groups in total. The number of rotatable bonds is 9. The van der Waals surface area contributed by atoms with Gasteiger partial charge in [-0.1, -0.05) is 20.8 Å². The van der Waals surface area contributed by atoms with Crippen molar-refractivity contribution < 1.29 is 92.4 Å². The minimum Gasteiger partial charge on any atom is -0.743 e. The van der Waals surface area contributed by atoms with Crippen molar-refractivity contribution >= 4 is 26.8 Å². The van der Waals surface area contributed by atoms with Gasteiger partial charge in [-0.05, 0) is 10.9 Å². The molecule has 0 aromatic rings. The van der Waals surface area contributed by atoms with E-state index in [0.29, 0.717) is 5.78 Å². The molecule has 23 heteroatoms. The van der Waals surface area contributed by atoms with Gasteiger partial charge in [0.25, 0.3) is 0 Å². The molecule has 0 atom stereocenters. The minimum absolute atomic E-state index is 0.142. The number of Topliss-reactive ketones (excluding diaryl/α,β-unsaturated/α-hetero) is 1. The van der Waals surface area contributed by atoms with E-state index in [1.165, 1.54) is 0 Å². The molecule has 0 fully saturated rings. The number of hydrogen-bond acceptors (Lipinski definition) is 4. The summed E-state index contributed by atoms with van der Waals surface area (Å²) in [7, 11) is -7.88. The summed E-state index contributed by atoms with van der Waals surface area (Å²) in [6.45, 7) is 5.92. The summed E-state index contributed by atoms with van der Waals surface area (Å²) in [5.41, 5.74) is -0.142. The summed E-state index contributed by atoms with van der Waals surface area (Å²) in [5, 5.41) is -7.95. The average molecular weight is 660 g/mol. The first-order valence-electron chi connectivity index (χ1n) is 9.08. The molecule has 0 heterocycles. The van der Waals surface area contributed by atoms with Gasteiger partial charge in [-0.15, -0.1) is 0 Å². The molecule has 0 saturated carbocycles. The van der Waals surface area contributed by atoms with E-state index < -0.39 is 57.1 Å². The maximum atomic E-state index is 13.0. The second-order valence-electron chi connectivity index (χ2n) is 8.72. The summed E-state index contributed by atoms with van der Waals surface area (Å²) in [6, 6.07) is 0. The van der Waals surface area contributed by atoms with Crippen LogP contribution in [0.25, 0.3) is 0 Å². The zero-order valence-corrected chi connectivity index (χ0v) is 21.2. The first-order valence-corrected chi connectivity index (χ1v) is 12.7. The van der Waals surface area contributed by atoms with Crippen LogP contribution in [0, 0.1) is 5.41 Å². The zero-order valence-electron chi connectivity index (χ0n) is 19.6. The Balaban J connectivity index is 0. The minimum atomic E-state index is -8.92. The van der Waals surface area contributed by atoms with Gasteiger partial charge < -0.3 is 4.55 Å². The van der Waals surface area contributed by atoms with Crippen LogP contribution < -0.4 is 0 Å². The van der Waals surface area contributed by atoms with Gasteiger partial charge in [0.15, 0.2) is 21.7 Å². The van der Waals surface area contributed by atoms with Crippen molar-refractivity contribution in [3.8, 4) is 0 Å². The van der Waals surface area contributed by atoms with E-state index in [2.05, 4.69) is 12.5 Å². The molecule has 0 aliphatic rings. The van der Waals surface area contributed by atoms with Crippen molar-refractivity contribution in [1.82, 2.24) is 0 Å². The van der Waals surface area contributed by atoms with Gasteiger partial charge in [0.05, 0.1) is 12.5 Å². The number of carbonyl (C=O) groups is 1. The summed E-state index contributed by atoms with van der Waals surface area (Å²) in [5.74, 6) is -51.0. The lowest BCUT2D eigenvalue weighted by Gasteiger charge is -2.42. The molecule has 236 valence electrons. The fourth-order valence-corrected chi connectivity index (χ4v) is 3.18. The Hall–Kier alpha value is -1.26. The Morgan fingerprint density at radius 3 is 1.03 bits per heavy atom. The molecule has 39 heavy (non-hydrogen) atoms. The lowest BCUT2D eigenvalue weighted by Crippen LogP contribution is -2.75. The molecule has 0 radical (unpaired) electrons. The van der Waals surface area contributed by atoms with Crippen LogP contribution in [0.2, 0.25) is 0 Å². The molecule has 0 aliphatic carbocycles. The Labute approximate surface area is 211 Å². The predicted octanol–water partition coefficient (Wildman–Crippen LogP) is 5.98. The number of hydrogen-bond donors (Lipinski definition) is 0. The molecule has 0 unspecified atom stereocenters. The largest absolute Gasteiger partial charge is 0.743 e. The van der Waals surface area contributed by atoms with Gasteiger partial charge in [0.1, 0.15) is 0 Å². The molecular formula is C16H17F17O4S2. The lowest BCUT2D eigenvalue weighted by molar-refractivity contribution is -0.458. The van der Waals surface area contributed by atoms with Gasteiger partial charge >= 0.3 is 47.0 Å². The van der Waals surface area contributed by atoms with E-state index in [0.717, 1.165) is 5.75 Å². The highest BCUT2D eigenvalue weighted by Crippen LogP contribution is 2.64. The van der Waals surface area contributed by atoms with Crippen molar-refractivity contribution in [2.24, 2.45) is 5.41 Å². The van der Waals surface area contributed by atoms with Crippen LogP contribution in [0.5, 0.6) is 0 Å². The quantitative estimate of drug-likeness (QED) is 0.174. The Morgan fingerprint density at radius 2 is 0.846 bits per heavy atom.